The van der Waals surface area contributed by atoms with Gasteiger partial charge >= 0.3 is 5.63 Å². The molecule has 2 heterocycles. The first kappa shape index (κ1) is 13.0. The Kier molecular flexibility index (Phi) is 3.02. The molecular weight excluding hydrogens is 277 g/mol. The van der Waals surface area contributed by atoms with Crippen LogP contribution in [0.4, 0.5) is 10.2 Å². The van der Waals surface area contributed by atoms with E-state index in [9.17, 15) is 14.0 Å². The van der Waals surface area contributed by atoms with Crippen LogP contribution in [0.2, 0.25) is 0 Å². The van der Waals surface area contributed by atoms with Crippen molar-refractivity contribution in [3.63, 3.8) is 0 Å². The fraction of sp³-hybridized carbons (Fsp3) is 0.0714. The summed E-state index contributed by atoms with van der Waals surface area (Å²) in [6.45, 7) is 0. The fourth-order valence-corrected chi connectivity index (χ4v) is 1.94. The van der Waals surface area contributed by atoms with E-state index in [0.717, 1.165) is 6.07 Å². The van der Waals surface area contributed by atoms with Crippen molar-refractivity contribution >= 4 is 22.5 Å². The number of benzene rings is 1. The third-order valence-electron chi connectivity index (χ3n) is 2.90. The number of carbonyl (C=O) groups is 1. The van der Waals surface area contributed by atoms with Crippen LogP contribution in [0.3, 0.4) is 0 Å². The summed E-state index contributed by atoms with van der Waals surface area (Å²) in [5, 5.41) is 6.99. The lowest BCUT2D eigenvalue weighted by Crippen LogP contribution is -2.15. The van der Waals surface area contributed by atoms with Crippen molar-refractivity contribution in [2.75, 3.05) is 5.32 Å². The summed E-state index contributed by atoms with van der Waals surface area (Å²) in [5.41, 5.74) is -0.696. The molecule has 0 saturated heterocycles. The number of fused-ring (bicyclic) bond motifs is 1. The highest BCUT2D eigenvalue weighted by Gasteiger charge is 2.13. The number of hydrogen-bond donors (Lipinski definition) is 1. The van der Waals surface area contributed by atoms with E-state index in [-0.39, 0.29) is 11.1 Å². The normalized spacial score (nSPS) is 10.8. The molecule has 6 nitrogen and oxygen atoms in total. The molecular formula is C14H10FN3O3. The number of halogens is 1. The smallest absolute Gasteiger partial charge is 0.344 e. The zero-order valence-electron chi connectivity index (χ0n) is 11.0. The Morgan fingerprint density at radius 1 is 1.33 bits per heavy atom. The van der Waals surface area contributed by atoms with Crippen LogP contribution in [-0.2, 0) is 7.05 Å². The highest BCUT2D eigenvalue weighted by molar-refractivity contribution is 6.03. The summed E-state index contributed by atoms with van der Waals surface area (Å²) in [6.07, 6.45) is 1.65. The van der Waals surface area contributed by atoms with E-state index in [2.05, 4.69) is 10.4 Å². The molecule has 0 unspecified atom stereocenters. The number of rotatable bonds is 2. The number of amides is 1. The number of carbonyl (C=O) groups excluding carboxylic acids is 1. The van der Waals surface area contributed by atoms with Crippen LogP contribution < -0.4 is 10.9 Å². The molecule has 3 aromatic rings. The van der Waals surface area contributed by atoms with Crippen LogP contribution in [0.5, 0.6) is 0 Å². The molecule has 3 rings (SSSR count). The Morgan fingerprint density at radius 2 is 2.14 bits per heavy atom. The van der Waals surface area contributed by atoms with Gasteiger partial charge in [-0.3, -0.25) is 9.48 Å². The second kappa shape index (κ2) is 4.86. The molecule has 0 aliphatic heterocycles. The van der Waals surface area contributed by atoms with Gasteiger partial charge in [-0.25, -0.2) is 9.18 Å². The van der Waals surface area contributed by atoms with Crippen LogP contribution in [0.1, 0.15) is 10.6 Å². The lowest BCUT2D eigenvalue weighted by molar-refractivity contribution is 0.0992. The molecule has 0 radical (unpaired) electrons. The topological polar surface area (TPSA) is 77.1 Å². The van der Waals surface area contributed by atoms with Crippen LogP contribution in [0.15, 0.2) is 45.7 Å². The Morgan fingerprint density at radius 3 is 2.86 bits per heavy atom. The predicted octanol–water partition coefficient (Wildman–Crippen LogP) is 1.92. The maximum atomic E-state index is 13.2. The largest absolute Gasteiger partial charge is 0.417 e. The minimum atomic E-state index is -0.696. The van der Waals surface area contributed by atoms with Crippen LogP contribution in [0, 0.1) is 5.82 Å². The van der Waals surface area contributed by atoms with Gasteiger partial charge in [-0.1, -0.05) is 0 Å². The molecule has 0 atom stereocenters. The highest BCUT2D eigenvalue weighted by atomic mass is 19.1. The van der Waals surface area contributed by atoms with Crippen LogP contribution in [-0.4, -0.2) is 15.7 Å². The van der Waals surface area contributed by atoms with Crippen molar-refractivity contribution in [3.8, 4) is 0 Å². The van der Waals surface area contributed by atoms with Crippen molar-refractivity contribution in [2.24, 2.45) is 7.05 Å². The molecule has 0 bridgehead atoms. The van der Waals surface area contributed by atoms with E-state index in [1.54, 1.807) is 19.3 Å². The Labute approximate surface area is 117 Å². The van der Waals surface area contributed by atoms with E-state index in [0.29, 0.717) is 11.2 Å². The number of aryl methyl sites for hydroxylation is 1. The first-order chi connectivity index (χ1) is 10.0. The standard InChI is InChI=1S/C14H10FN3O3/c1-18-5-4-12(17-18)16-13(19)11-7-8-6-9(15)2-3-10(8)14(20)21-11/h2-7H,1H3,(H,16,17,19). The third-order valence-corrected chi connectivity index (χ3v) is 2.90. The van der Waals surface area contributed by atoms with Gasteiger partial charge in [0.2, 0.25) is 0 Å². The first-order valence-electron chi connectivity index (χ1n) is 6.07. The second-order valence-corrected chi connectivity index (χ2v) is 4.46. The van der Waals surface area contributed by atoms with Crippen molar-refractivity contribution in [3.05, 3.63) is 58.5 Å². The molecule has 2 aromatic heterocycles. The maximum Gasteiger partial charge on any atom is 0.344 e. The number of nitrogens with one attached hydrogen (secondary N) is 1. The van der Waals surface area contributed by atoms with Crippen LogP contribution >= 0.6 is 0 Å². The summed E-state index contributed by atoms with van der Waals surface area (Å²) in [7, 11) is 1.70. The molecule has 1 aromatic carbocycles. The summed E-state index contributed by atoms with van der Waals surface area (Å²) < 4.78 is 19.7. The van der Waals surface area contributed by atoms with Gasteiger partial charge in [0.25, 0.3) is 5.91 Å². The number of aromatic nitrogens is 2. The van der Waals surface area contributed by atoms with Gasteiger partial charge in [-0.2, -0.15) is 5.10 Å². The molecule has 1 N–H and O–H groups in total. The molecule has 0 saturated carbocycles. The molecule has 106 valence electrons. The van der Waals surface area contributed by atoms with Crippen molar-refractivity contribution < 1.29 is 13.6 Å². The van der Waals surface area contributed by atoms with Gasteiger partial charge in [-0.15, -0.1) is 0 Å². The van der Waals surface area contributed by atoms with E-state index < -0.39 is 17.3 Å². The lowest BCUT2D eigenvalue weighted by Gasteiger charge is -2.02. The molecule has 21 heavy (non-hydrogen) atoms. The van der Waals surface area contributed by atoms with Crippen molar-refractivity contribution in [1.29, 1.82) is 0 Å². The highest BCUT2D eigenvalue weighted by Crippen LogP contribution is 2.15. The van der Waals surface area contributed by atoms with Gasteiger partial charge in [-0.05, 0) is 29.7 Å². The minimum absolute atomic E-state index is 0.205. The summed E-state index contributed by atoms with van der Waals surface area (Å²) in [5.74, 6) is -1.01. The molecule has 1 amide bonds. The summed E-state index contributed by atoms with van der Waals surface area (Å²) in [6, 6.07) is 6.56. The van der Waals surface area contributed by atoms with Crippen molar-refractivity contribution in [2.45, 2.75) is 0 Å². The minimum Gasteiger partial charge on any atom is -0.417 e. The zero-order valence-corrected chi connectivity index (χ0v) is 11.0. The van der Waals surface area contributed by atoms with E-state index in [4.69, 9.17) is 4.42 Å². The third kappa shape index (κ3) is 2.53. The average Bonchev–Trinajstić information content (AvgIpc) is 2.83. The number of anilines is 1. The quantitative estimate of drug-likeness (QED) is 0.781. The summed E-state index contributed by atoms with van der Waals surface area (Å²) in [4.78, 5) is 23.8. The lowest BCUT2D eigenvalue weighted by atomic mass is 10.1. The molecule has 0 fully saturated rings. The van der Waals surface area contributed by atoms with Gasteiger partial charge in [0.05, 0.1) is 5.39 Å². The molecule has 7 heteroatoms. The molecule has 0 aliphatic carbocycles. The van der Waals surface area contributed by atoms with E-state index >= 15 is 0 Å². The number of hydrogen-bond acceptors (Lipinski definition) is 4. The maximum absolute atomic E-state index is 13.2. The first-order valence-corrected chi connectivity index (χ1v) is 6.07. The van der Waals surface area contributed by atoms with Gasteiger partial charge in [0, 0.05) is 19.3 Å². The van der Waals surface area contributed by atoms with E-state index in [1.807, 2.05) is 0 Å². The van der Waals surface area contributed by atoms with Crippen LogP contribution in [0.25, 0.3) is 10.8 Å². The Balaban J connectivity index is 2.00. The van der Waals surface area contributed by atoms with Gasteiger partial charge in [0.1, 0.15) is 5.82 Å². The van der Waals surface area contributed by atoms with Gasteiger partial charge < -0.3 is 9.73 Å². The summed E-state index contributed by atoms with van der Waals surface area (Å²) >= 11 is 0. The average molecular weight is 287 g/mol. The molecule has 0 spiro atoms. The molecule has 0 aliphatic rings. The Bertz CT molecular complexity index is 898. The second-order valence-electron chi connectivity index (χ2n) is 4.46. The SMILES string of the molecule is Cn1ccc(NC(=O)c2cc3cc(F)ccc3c(=O)o2)n1. The predicted molar refractivity (Wildman–Crippen MR) is 73.6 cm³/mol. The number of nitrogens with zero attached hydrogens (tertiary/aromatic N) is 2. The fourth-order valence-electron chi connectivity index (χ4n) is 1.94. The van der Waals surface area contributed by atoms with Gasteiger partial charge in [0.15, 0.2) is 11.6 Å². The zero-order chi connectivity index (χ0) is 15.0. The Hall–Kier alpha value is -2.96. The van der Waals surface area contributed by atoms with E-state index in [1.165, 1.54) is 22.9 Å². The monoisotopic (exact) mass is 287 g/mol. The van der Waals surface area contributed by atoms with Crippen molar-refractivity contribution in [1.82, 2.24) is 9.78 Å².